The van der Waals surface area contributed by atoms with Crippen LogP contribution < -0.4 is 9.46 Å². The van der Waals surface area contributed by atoms with Gasteiger partial charge >= 0.3 is 0 Å². The molecule has 0 saturated carbocycles. The second-order valence-electron chi connectivity index (χ2n) is 6.99. The fourth-order valence-electron chi connectivity index (χ4n) is 3.06. The summed E-state index contributed by atoms with van der Waals surface area (Å²) in [7, 11) is -3.70. The number of ether oxygens (including phenoxy) is 1. The average Bonchev–Trinajstić information content (AvgIpc) is 3.12. The highest BCUT2D eigenvalue weighted by Gasteiger charge is 2.17. The Hall–Kier alpha value is -3.39. The van der Waals surface area contributed by atoms with Gasteiger partial charge in [0, 0.05) is 0 Å². The van der Waals surface area contributed by atoms with E-state index >= 15 is 0 Å². The van der Waals surface area contributed by atoms with Crippen LogP contribution in [0.5, 0.6) is 5.75 Å². The standard InChI is InChI=1S/C22H22N4O3S/c1-4-29-18-9-7-17(8-10-18)26-23-21-13-16(3)20(14-22(21)24-26)25-30(27,28)19-11-5-15(2)6-12-19/h5-14,25H,4H2,1-3H3. The van der Waals surface area contributed by atoms with Crippen LogP contribution in [0.2, 0.25) is 0 Å². The molecule has 0 aliphatic rings. The number of fused-ring (bicyclic) bond motifs is 1. The summed E-state index contributed by atoms with van der Waals surface area (Å²) in [6.07, 6.45) is 0. The molecule has 1 heterocycles. The fourth-order valence-corrected chi connectivity index (χ4v) is 4.18. The Morgan fingerprint density at radius 2 is 1.57 bits per heavy atom. The molecule has 0 fully saturated rings. The lowest BCUT2D eigenvalue weighted by Gasteiger charge is -2.10. The zero-order valence-corrected chi connectivity index (χ0v) is 17.8. The molecule has 8 heteroatoms. The molecule has 7 nitrogen and oxygen atoms in total. The third-order valence-corrected chi connectivity index (χ3v) is 6.06. The lowest BCUT2D eigenvalue weighted by Crippen LogP contribution is -2.13. The molecule has 0 saturated heterocycles. The molecule has 0 bridgehead atoms. The molecule has 0 aliphatic carbocycles. The van der Waals surface area contributed by atoms with Crippen molar-refractivity contribution in [1.29, 1.82) is 0 Å². The van der Waals surface area contributed by atoms with Gasteiger partial charge in [-0.15, -0.1) is 10.2 Å². The van der Waals surface area contributed by atoms with Gasteiger partial charge in [-0.25, -0.2) is 8.42 Å². The van der Waals surface area contributed by atoms with E-state index < -0.39 is 10.0 Å². The molecular weight excluding hydrogens is 400 g/mol. The van der Waals surface area contributed by atoms with Gasteiger partial charge in [-0.05, 0) is 74.9 Å². The molecule has 4 rings (SSSR count). The number of hydrogen-bond donors (Lipinski definition) is 1. The lowest BCUT2D eigenvalue weighted by atomic mass is 10.2. The SMILES string of the molecule is CCOc1ccc(-n2nc3cc(C)c(NS(=O)(=O)c4ccc(C)cc4)cc3n2)cc1. The van der Waals surface area contributed by atoms with Crippen LogP contribution in [0.4, 0.5) is 5.69 Å². The number of nitrogens with one attached hydrogen (secondary N) is 1. The van der Waals surface area contributed by atoms with Gasteiger partial charge < -0.3 is 4.74 Å². The van der Waals surface area contributed by atoms with Gasteiger partial charge in [-0.3, -0.25) is 4.72 Å². The highest BCUT2D eigenvalue weighted by molar-refractivity contribution is 7.92. The van der Waals surface area contributed by atoms with E-state index in [1.165, 1.54) is 4.80 Å². The van der Waals surface area contributed by atoms with Gasteiger partial charge in [0.1, 0.15) is 16.8 Å². The molecule has 1 N–H and O–H groups in total. The summed E-state index contributed by atoms with van der Waals surface area (Å²) >= 11 is 0. The van der Waals surface area contributed by atoms with Gasteiger partial charge in [-0.1, -0.05) is 17.7 Å². The first-order valence-electron chi connectivity index (χ1n) is 9.56. The third-order valence-electron chi connectivity index (χ3n) is 4.68. The first kappa shape index (κ1) is 19.9. The molecule has 0 spiro atoms. The minimum atomic E-state index is -3.70. The smallest absolute Gasteiger partial charge is 0.261 e. The van der Waals surface area contributed by atoms with Crippen molar-refractivity contribution in [2.24, 2.45) is 0 Å². The molecule has 0 atom stereocenters. The normalized spacial score (nSPS) is 11.6. The molecule has 0 radical (unpaired) electrons. The van der Waals surface area contributed by atoms with Crippen molar-refractivity contribution in [3.05, 3.63) is 71.8 Å². The van der Waals surface area contributed by atoms with E-state index in [0.29, 0.717) is 23.3 Å². The van der Waals surface area contributed by atoms with Crippen LogP contribution >= 0.6 is 0 Å². The van der Waals surface area contributed by atoms with Gasteiger partial charge in [0.25, 0.3) is 10.0 Å². The molecule has 1 aromatic heterocycles. The van der Waals surface area contributed by atoms with E-state index in [1.807, 2.05) is 51.1 Å². The molecule has 0 amide bonds. The van der Waals surface area contributed by atoms with Crippen LogP contribution in [0.15, 0.2) is 65.6 Å². The molecular formula is C22H22N4O3S. The number of anilines is 1. The first-order chi connectivity index (χ1) is 14.4. The van der Waals surface area contributed by atoms with Gasteiger partial charge in [-0.2, -0.15) is 4.80 Å². The van der Waals surface area contributed by atoms with Crippen LogP contribution in [0.25, 0.3) is 16.7 Å². The van der Waals surface area contributed by atoms with E-state index in [4.69, 9.17) is 4.74 Å². The minimum absolute atomic E-state index is 0.214. The molecule has 30 heavy (non-hydrogen) atoms. The van der Waals surface area contributed by atoms with Crippen molar-refractivity contribution in [3.63, 3.8) is 0 Å². The Morgan fingerprint density at radius 1 is 0.933 bits per heavy atom. The highest BCUT2D eigenvalue weighted by Crippen LogP contribution is 2.25. The summed E-state index contributed by atoms with van der Waals surface area (Å²) in [6, 6.07) is 17.7. The van der Waals surface area contributed by atoms with Crippen molar-refractivity contribution in [2.75, 3.05) is 11.3 Å². The molecule has 4 aromatic rings. The van der Waals surface area contributed by atoms with Crippen LogP contribution in [0, 0.1) is 13.8 Å². The fraction of sp³-hybridized carbons (Fsp3) is 0.182. The summed E-state index contributed by atoms with van der Waals surface area (Å²) in [4.78, 5) is 1.74. The van der Waals surface area contributed by atoms with E-state index in [1.54, 1.807) is 30.3 Å². The second kappa shape index (κ2) is 7.79. The maximum absolute atomic E-state index is 12.7. The van der Waals surface area contributed by atoms with Crippen LogP contribution in [0.1, 0.15) is 18.1 Å². The predicted molar refractivity (Wildman–Crippen MR) is 117 cm³/mol. The van der Waals surface area contributed by atoms with Crippen molar-refractivity contribution >= 4 is 26.7 Å². The van der Waals surface area contributed by atoms with Crippen molar-refractivity contribution in [1.82, 2.24) is 15.0 Å². The van der Waals surface area contributed by atoms with E-state index in [9.17, 15) is 8.42 Å². The van der Waals surface area contributed by atoms with Gasteiger partial charge in [0.15, 0.2) is 0 Å². The second-order valence-corrected chi connectivity index (χ2v) is 8.67. The summed E-state index contributed by atoms with van der Waals surface area (Å²) < 4.78 is 33.6. The summed E-state index contributed by atoms with van der Waals surface area (Å²) in [6.45, 7) is 6.28. The number of sulfonamides is 1. The largest absolute Gasteiger partial charge is 0.494 e. The Bertz CT molecular complexity index is 1290. The molecule has 0 aliphatic heterocycles. The average molecular weight is 423 g/mol. The Labute approximate surface area is 175 Å². The van der Waals surface area contributed by atoms with Crippen molar-refractivity contribution < 1.29 is 13.2 Å². The minimum Gasteiger partial charge on any atom is -0.494 e. The summed E-state index contributed by atoms with van der Waals surface area (Å²) in [5.41, 5.74) is 4.29. The number of hydrogen-bond acceptors (Lipinski definition) is 5. The number of aromatic nitrogens is 3. The van der Waals surface area contributed by atoms with Gasteiger partial charge in [0.2, 0.25) is 0 Å². The predicted octanol–water partition coefficient (Wildman–Crippen LogP) is 4.24. The highest BCUT2D eigenvalue weighted by atomic mass is 32.2. The zero-order chi connectivity index (χ0) is 21.3. The number of rotatable bonds is 6. The Morgan fingerprint density at radius 3 is 2.20 bits per heavy atom. The number of benzene rings is 3. The van der Waals surface area contributed by atoms with E-state index in [0.717, 1.165) is 22.6 Å². The Kier molecular flexibility index (Phi) is 5.17. The maximum Gasteiger partial charge on any atom is 0.261 e. The number of aryl methyl sites for hydroxylation is 2. The van der Waals surface area contributed by atoms with E-state index in [2.05, 4.69) is 14.9 Å². The quantitative estimate of drug-likeness (QED) is 0.502. The van der Waals surface area contributed by atoms with Crippen molar-refractivity contribution in [3.8, 4) is 11.4 Å². The first-order valence-corrected chi connectivity index (χ1v) is 11.0. The van der Waals surface area contributed by atoms with Gasteiger partial charge in [0.05, 0.1) is 22.9 Å². The van der Waals surface area contributed by atoms with Crippen LogP contribution in [0.3, 0.4) is 0 Å². The zero-order valence-electron chi connectivity index (χ0n) is 17.0. The number of nitrogens with zero attached hydrogens (tertiary/aromatic N) is 3. The van der Waals surface area contributed by atoms with Crippen molar-refractivity contribution in [2.45, 2.75) is 25.7 Å². The molecule has 154 valence electrons. The Balaban J connectivity index is 1.66. The lowest BCUT2D eigenvalue weighted by molar-refractivity contribution is 0.340. The summed E-state index contributed by atoms with van der Waals surface area (Å²) in [5, 5.41) is 9.02. The summed E-state index contributed by atoms with van der Waals surface area (Å²) in [5.74, 6) is 0.779. The topological polar surface area (TPSA) is 86.1 Å². The van der Waals surface area contributed by atoms with Crippen LogP contribution in [-0.4, -0.2) is 30.0 Å². The van der Waals surface area contributed by atoms with E-state index in [-0.39, 0.29) is 4.90 Å². The molecule has 0 unspecified atom stereocenters. The third kappa shape index (κ3) is 3.99. The monoisotopic (exact) mass is 422 g/mol. The molecule has 3 aromatic carbocycles. The van der Waals surface area contributed by atoms with Crippen LogP contribution in [-0.2, 0) is 10.0 Å². The maximum atomic E-state index is 12.7.